The van der Waals surface area contributed by atoms with Crippen LogP contribution in [0.25, 0.3) is 0 Å². The molecule has 1 saturated heterocycles. The van der Waals surface area contributed by atoms with Gasteiger partial charge in [-0.15, -0.1) is 0 Å². The number of aryl methyl sites for hydroxylation is 1. The van der Waals surface area contributed by atoms with Gasteiger partial charge in [0.2, 0.25) is 0 Å². The summed E-state index contributed by atoms with van der Waals surface area (Å²) < 4.78 is 10.3. The molecule has 0 amide bonds. The highest BCUT2D eigenvalue weighted by Gasteiger charge is 2.61. The van der Waals surface area contributed by atoms with E-state index in [1.54, 1.807) is 12.1 Å². The zero-order valence-corrected chi connectivity index (χ0v) is 13.9. The lowest BCUT2D eigenvalue weighted by atomic mass is 9.69. The zero-order chi connectivity index (χ0) is 18.0. The van der Waals surface area contributed by atoms with E-state index in [2.05, 4.69) is 17.5 Å². The molecule has 0 saturated carbocycles. The lowest BCUT2D eigenvalue weighted by molar-refractivity contribution is -0.143. The molecular weight excluding hydrogens is 318 g/mol. The van der Waals surface area contributed by atoms with Gasteiger partial charge in [0.1, 0.15) is 11.8 Å². The van der Waals surface area contributed by atoms with E-state index in [9.17, 15) is 15.3 Å². The molecule has 1 fully saturated rings. The molecule has 0 bridgehead atoms. The number of rotatable bonds is 3. The summed E-state index contributed by atoms with van der Waals surface area (Å²) in [6.07, 6.45) is 1.48. The smallest absolute Gasteiger partial charge is 0.323 e. The maximum absolute atomic E-state index is 12.4. The van der Waals surface area contributed by atoms with Gasteiger partial charge in [0, 0.05) is 5.92 Å². The first-order chi connectivity index (χ1) is 12.1. The third kappa shape index (κ3) is 2.57. The average molecular weight is 335 g/mol. The summed E-state index contributed by atoms with van der Waals surface area (Å²) in [5.74, 6) is -0.772. The molecule has 1 aromatic heterocycles. The summed E-state index contributed by atoms with van der Waals surface area (Å²) in [4.78, 5) is 12.4. The molecule has 0 aliphatic carbocycles. The molecule has 3 atom stereocenters. The number of furan rings is 1. The Kier molecular flexibility index (Phi) is 4.31. The minimum Gasteiger partial charge on any atom is -0.468 e. The number of carbonyl (C=O) groups is 1. The Morgan fingerprint density at radius 1 is 1.24 bits per heavy atom. The highest BCUT2D eigenvalue weighted by molar-refractivity contribution is 5.79. The average Bonchev–Trinajstić information content (AvgIpc) is 3.27. The first-order valence-corrected chi connectivity index (χ1v) is 7.83. The lowest BCUT2D eigenvalue weighted by Crippen LogP contribution is -2.37. The van der Waals surface area contributed by atoms with Crippen molar-refractivity contribution in [3.05, 3.63) is 59.5 Å². The van der Waals surface area contributed by atoms with Crippen molar-refractivity contribution < 1.29 is 13.9 Å². The van der Waals surface area contributed by atoms with Crippen molar-refractivity contribution in [1.29, 1.82) is 10.5 Å². The number of ether oxygens (including phenoxy) is 1. The van der Waals surface area contributed by atoms with Crippen molar-refractivity contribution in [1.82, 2.24) is 5.32 Å². The van der Waals surface area contributed by atoms with Crippen LogP contribution in [0.1, 0.15) is 28.8 Å². The topological polar surface area (TPSA) is 99.0 Å². The van der Waals surface area contributed by atoms with Crippen LogP contribution in [0.15, 0.2) is 47.1 Å². The minimum absolute atomic E-state index is 0.437. The van der Waals surface area contributed by atoms with E-state index in [-0.39, 0.29) is 0 Å². The van der Waals surface area contributed by atoms with E-state index in [0.29, 0.717) is 5.76 Å². The third-order valence-electron chi connectivity index (χ3n) is 4.71. The molecule has 0 radical (unpaired) electrons. The van der Waals surface area contributed by atoms with Crippen LogP contribution >= 0.6 is 0 Å². The second-order valence-electron chi connectivity index (χ2n) is 6.10. The summed E-state index contributed by atoms with van der Waals surface area (Å²) in [6.45, 7) is 1.95. The highest BCUT2D eigenvalue weighted by atomic mass is 16.5. The van der Waals surface area contributed by atoms with Gasteiger partial charge in [-0.2, -0.15) is 10.5 Å². The fourth-order valence-corrected chi connectivity index (χ4v) is 3.47. The van der Waals surface area contributed by atoms with E-state index in [1.165, 1.54) is 13.4 Å². The van der Waals surface area contributed by atoms with E-state index in [1.807, 2.05) is 31.2 Å². The van der Waals surface area contributed by atoms with Gasteiger partial charge in [-0.3, -0.25) is 10.1 Å². The summed E-state index contributed by atoms with van der Waals surface area (Å²) in [5, 5.41) is 23.0. The Bertz CT molecular complexity index is 830. The quantitative estimate of drug-likeness (QED) is 0.866. The number of nitriles is 2. The van der Waals surface area contributed by atoms with Crippen LogP contribution in [0.4, 0.5) is 0 Å². The standard InChI is InChI=1S/C19H17N3O3/c1-12-5-7-13(8-6-12)15-16(18(23)24-2)22-17(14-4-3-9-25-14)19(15,10-20)11-21/h3-9,15-17,22H,1-2H3/t15-,16+,17-/m0/s1. The van der Waals surface area contributed by atoms with Gasteiger partial charge in [-0.05, 0) is 24.6 Å². The predicted octanol–water partition coefficient (Wildman–Crippen LogP) is 2.59. The zero-order valence-electron chi connectivity index (χ0n) is 13.9. The third-order valence-corrected chi connectivity index (χ3v) is 4.71. The van der Waals surface area contributed by atoms with E-state index >= 15 is 0 Å². The number of carbonyl (C=O) groups excluding carboxylic acids is 1. The number of nitrogens with zero attached hydrogens (tertiary/aromatic N) is 2. The monoisotopic (exact) mass is 335 g/mol. The summed E-state index contributed by atoms with van der Waals surface area (Å²) in [7, 11) is 1.29. The van der Waals surface area contributed by atoms with Crippen molar-refractivity contribution in [2.24, 2.45) is 5.41 Å². The van der Waals surface area contributed by atoms with Crippen LogP contribution < -0.4 is 5.32 Å². The van der Waals surface area contributed by atoms with Gasteiger partial charge in [0.05, 0.1) is 31.6 Å². The number of methoxy groups -OCH3 is 1. The van der Waals surface area contributed by atoms with Gasteiger partial charge in [-0.1, -0.05) is 29.8 Å². The molecule has 6 nitrogen and oxygen atoms in total. The molecule has 3 rings (SSSR count). The summed E-state index contributed by atoms with van der Waals surface area (Å²) in [5.41, 5.74) is 0.267. The molecule has 1 aliphatic heterocycles. The molecular formula is C19H17N3O3. The van der Waals surface area contributed by atoms with Gasteiger partial charge < -0.3 is 9.15 Å². The molecule has 1 aliphatic rings. The minimum atomic E-state index is -1.51. The Morgan fingerprint density at radius 3 is 2.44 bits per heavy atom. The van der Waals surface area contributed by atoms with Gasteiger partial charge >= 0.3 is 5.97 Å². The normalized spacial score (nSPS) is 24.2. The SMILES string of the molecule is COC(=O)[C@@H]1N[C@@H](c2ccco2)C(C#N)(C#N)[C@H]1c1ccc(C)cc1. The van der Waals surface area contributed by atoms with Crippen molar-refractivity contribution in [3.8, 4) is 12.1 Å². The Balaban J connectivity index is 2.18. The first kappa shape index (κ1) is 16.8. The largest absolute Gasteiger partial charge is 0.468 e. The molecule has 0 unspecified atom stereocenters. The van der Waals surface area contributed by atoms with Gasteiger partial charge in [0.25, 0.3) is 0 Å². The van der Waals surface area contributed by atoms with Crippen LogP contribution in [0, 0.1) is 35.0 Å². The van der Waals surface area contributed by atoms with E-state index in [4.69, 9.17) is 9.15 Å². The number of hydrogen-bond acceptors (Lipinski definition) is 6. The van der Waals surface area contributed by atoms with Crippen LogP contribution in [-0.2, 0) is 9.53 Å². The summed E-state index contributed by atoms with van der Waals surface area (Å²) >= 11 is 0. The second-order valence-corrected chi connectivity index (χ2v) is 6.10. The lowest BCUT2D eigenvalue weighted by Gasteiger charge is -2.26. The molecule has 2 heterocycles. The Labute approximate surface area is 145 Å². The maximum atomic E-state index is 12.4. The number of benzene rings is 1. The van der Waals surface area contributed by atoms with Crippen molar-refractivity contribution in [2.75, 3.05) is 7.11 Å². The maximum Gasteiger partial charge on any atom is 0.323 e. The summed E-state index contributed by atoms with van der Waals surface area (Å²) in [6, 6.07) is 13.6. The van der Waals surface area contributed by atoms with Crippen LogP contribution in [0.3, 0.4) is 0 Å². The highest BCUT2D eigenvalue weighted by Crippen LogP contribution is 2.52. The number of esters is 1. The fraction of sp³-hybridized carbons (Fsp3) is 0.316. The predicted molar refractivity (Wildman–Crippen MR) is 88.0 cm³/mol. The van der Waals surface area contributed by atoms with E-state index in [0.717, 1.165) is 11.1 Å². The Hall–Kier alpha value is -3.09. The van der Waals surface area contributed by atoms with Crippen molar-refractivity contribution in [3.63, 3.8) is 0 Å². The van der Waals surface area contributed by atoms with E-state index < -0.39 is 29.4 Å². The van der Waals surface area contributed by atoms with Crippen molar-refractivity contribution >= 4 is 5.97 Å². The molecule has 25 heavy (non-hydrogen) atoms. The molecule has 2 aromatic rings. The molecule has 126 valence electrons. The van der Waals surface area contributed by atoms with Crippen molar-refractivity contribution in [2.45, 2.75) is 24.9 Å². The fourth-order valence-electron chi connectivity index (χ4n) is 3.47. The van der Waals surface area contributed by atoms with Gasteiger partial charge in [0.15, 0.2) is 5.41 Å². The second kappa shape index (κ2) is 6.43. The molecule has 1 aromatic carbocycles. The van der Waals surface area contributed by atoms with Crippen LogP contribution in [0.5, 0.6) is 0 Å². The van der Waals surface area contributed by atoms with Crippen LogP contribution in [0.2, 0.25) is 0 Å². The van der Waals surface area contributed by atoms with Crippen LogP contribution in [-0.4, -0.2) is 19.1 Å². The number of hydrogen-bond donors (Lipinski definition) is 1. The molecule has 1 N–H and O–H groups in total. The molecule has 6 heteroatoms. The first-order valence-electron chi connectivity index (χ1n) is 7.83. The number of nitrogens with one attached hydrogen (secondary N) is 1. The Morgan fingerprint density at radius 2 is 1.92 bits per heavy atom. The molecule has 0 spiro atoms. The van der Waals surface area contributed by atoms with Gasteiger partial charge in [-0.25, -0.2) is 0 Å².